The SMILES string of the molecule is COc1ccccc1C(CNC(=O)C(=O)Nc1ccc(C)c(Cl)c1)OC. The molecule has 0 saturated heterocycles. The first-order chi connectivity index (χ1) is 12.5. The fourth-order valence-electron chi connectivity index (χ4n) is 2.38. The molecule has 0 spiro atoms. The molecule has 0 heterocycles. The molecule has 138 valence electrons. The highest BCUT2D eigenvalue weighted by Crippen LogP contribution is 2.26. The Kier molecular flexibility index (Phi) is 7.00. The standard InChI is InChI=1S/C19H21ClN2O4/c1-12-8-9-13(10-15(12)20)22-19(24)18(23)21-11-17(26-3)14-6-4-5-7-16(14)25-2/h4-10,17H,11H2,1-3H3,(H,21,23)(H,22,24). The van der Waals surface area contributed by atoms with Crippen LogP contribution in [0.1, 0.15) is 17.2 Å². The van der Waals surface area contributed by atoms with Crippen LogP contribution in [0, 0.1) is 6.92 Å². The van der Waals surface area contributed by atoms with Crippen LogP contribution in [-0.4, -0.2) is 32.6 Å². The molecule has 6 nitrogen and oxygen atoms in total. The van der Waals surface area contributed by atoms with Crippen LogP contribution < -0.4 is 15.4 Å². The summed E-state index contributed by atoms with van der Waals surface area (Å²) in [6.07, 6.45) is -0.447. The molecule has 2 amide bonds. The van der Waals surface area contributed by atoms with E-state index in [0.29, 0.717) is 16.5 Å². The number of methoxy groups -OCH3 is 2. The van der Waals surface area contributed by atoms with Gasteiger partial charge in [-0.2, -0.15) is 0 Å². The number of hydrogen-bond donors (Lipinski definition) is 2. The third-order valence-electron chi connectivity index (χ3n) is 3.85. The first-order valence-corrected chi connectivity index (χ1v) is 8.35. The smallest absolute Gasteiger partial charge is 0.313 e. The Hall–Kier alpha value is -2.57. The van der Waals surface area contributed by atoms with Crippen molar-refractivity contribution >= 4 is 29.1 Å². The maximum absolute atomic E-state index is 12.1. The van der Waals surface area contributed by atoms with Gasteiger partial charge in [0.25, 0.3) is 0 Å². The Labute approximate surface area is 157 Å². The lowest BCUT2D eigenvalue weighted by Gasteiger charge is -2.19. The van der Waals surface area contributed by atoms with Gasteiger partial charge in [0.2, 0.25) is 0 Å². The van der Waals surface area contributed by atoms with Gasteiger partial charge < -0.3 is 20.1 Å². The predicted molar refractivity (Wildman–Crippen MR) is 101 cm³/mol. The van der Waals surface area contributed by atoms with Crippen LogP contribution in [0.2, 0.25) is 5.02 Å². The predicted octanol–water partition coefficient (Wildman–Crippen LogP) is 3.10. The van der Waals surface area contributed by atoms with Crippen LogP contribution in [-0.2, 0) is 14.3 Å². The minimum Gasteiger partial charge on any atom is -0.496 e. The van der Waals surface area contributed by atoms with Gasteiger partial charge in [0.05, 0.1) is 7.11 Å². The molecule has 26 heavy (non-hydrogen) atoms. The zero-order valence-electron chi connectivity index (χ0n) is 14.8. The van der Waals surface area contributed by atoms with Crippen LogP contribution in [0.3, 0.4) is 0 Å². The average Bonchev–Trinajstić information content (AvgIpc) is 2.65. The van der Waals surface area contributed by atoms with Crippen molar-refractivity contribution in [3.8, 4) is 5.75 Å². The monoisotopic (exact) mass is 376 g/mol. The second-order valence-corrected chi connectivity index (χ2v) is 6.00. The van der Waals surface area contributed by atoms with E-state index in [2.05, 4.69) is 10.6 Å². The fraction of sp³-hybridized carbons (Fsp3) is 0.263. The maximum Gasteiger partial charge on any atom is 0.313 e. The normalized spacial score (nSPS) is 11.5. The van der Waals surface area contributed by atoms with Gasteiger partial charge in [-0.25, -0.2) is 0 Å². The molecular weight excluding hydrogens is 356 g/mol. The minimum atomic E-state index is -0.778. The van der Waals surface area contributed by atoms with Crippen molar-refractivity contribution < 1.29 is 19.1 Å². The lowest BCUT2D eigenvalue weighted by atomic mass is 10.1. The topological polar surface area (TPSA) is 76.7 Å². The fourth-order valence-corrected chi connectivity index (χ4v) is 2.56. The molecule has 2 aromatic carbocycles. The van der Waals surface area contributed by atoms with Gasteiger partial charge in [0, 0.05) is 29.9 Å². The molecule has 0 aliphatic heterocycles. The van der Waals surface area contributed by atoms with Crippen molar-refractivity contribution in [2.24, 2.45) is 0 Å². The Morgan fingerprint density at radius 3 is 2.50 bits per heavy atom. The number of halogens is 1. The number of carbonyl (C=O) groups is 2. The second kappa shape index (κ2) is 9.22. The molecule has 7 heteroatoms. The molecule has 0 fully saturated rings. The van der Waals surface area contributed by atoms with E-state index in [0.717, 1.165) is 11.1 Å². The molecule has 2 N–H and O–H groups in total. The van der Waals surface area contributed by atoms with Crippen molar-refractivity contribution in [3.63, 3.8) is 0 Å². The summed E-state index contributed by atoms with van der Waals surface area (Å²) < 4.78 is 10.7. The molecule has 0 aliphatic rings. The molecule has 0 aromatic heterocycles. The van der Waals surface area contributed by atoms with E-state index < -0.39 is 17.9 Å². The Morgan fingerprint density at radius 1 is 1.12 bits per heavy atom. The van der Waals surface area contributed by atoms with Gasteiger partial charge in [-0.1, -0.05) is 35.9 Å². The number of carbonyl (C=O) groups excluding carboxylic acids is 2. The number of para-hydroxylation sites is 1. The van der Waals surface area contributed by atoms with Crippen molar-refractivity contribution in [1.82, 2.24) is 5.32 Å². The highest BCUT2D eigenvalue weighted by Gasteiger charge is 2.19. The van der Waals surface area contributed by atoms with Crippen molar-refractivity contribution in [1.29, 1.82) is 0 Å². The van der Waals surface area contributed by atoms with E-state index in [4.69, 9.17) is 21.1 Å². The van der Waals surface area contributed by atoms with Gasteiger partial charge in [0.1, 0.15) is 11.9 Å². The largest absolute Gasteiger partial charge is 0.496 e. The van der Waals surface area contributed by atoms with Gasteiger partial charge >= 0.3 is 11.8 Å². The number of aryl methyl sites for hydroxylation is 1. The summed E-state index contributed by atoms with van der Waals surface area (Å²) in [7, 11) is 3.09. The highest BCUT2D eigenvalue weighted by atomic mass is 35.5. The van der Waals surface area contributed by atoms with Gasteiger partial charge in [-0.05, 0) is 30.7 Å². The van der Waals surface area contributed by atoms with E-state index in [1.54, 1.807) is 31.4 Å². The number of hydrogen-bond acceptors (Lipinski definition) is 4. The van der Waals surface area contributed by atoms with Gasteiger partial charge in [-0.3, -0.25) is 9.59 Å². The van der Waals surface area contributed by atoms with Crippen LogP contribution in [0.4, 0.5) is 5.69 Å². The van der Waals surface area contributed by atoms with E-state index in [-0.39, 0.29) is 6.54 Å². The van der Waals surface area contributed by atoms with Crippen molar-refractivity contribution in [2.45, 2.75) is 13.0 Å². The number of ether oxygens (including phenoxy) is 2. The van der Waals surface area contributed by atoms with Crippen LogP contribution in [0.5, 0.6) is 5.75 Å². The molecule has 0 aliphatic carbocycles. The summed E-state index contributed by atoms with van der Waals surface area (Å²) in [6, 6.07) is 12.4. The maximum atomic E-state index is 12.1. The number of nitrogens with one attached hydrogen (secondary N) is 2. The van der Waals surface area contributed by atoms with E-state index in [9.17, 15) is 9.59 Å². The molecular formula is C19H21ClN2O4. The lowest BCUT2D eigenvalue weighted by Crippen LogP contribution is -2.38. The van der Waals surface area contributed by atoms with E-state index >= 15 is 0 Å². The highest BCUT2D eigenvalue weighted by molar-refractivity contribution is 6.39. The van der Waals surface area contributed by atoms with Gasteiger partial charge in [0.15, 0.2) is 0 Å². The molecule has 0 radical (unpaired) electrons. The number of rotatable bonds is 6. The summed E-state index contributed by atoms with van der Waals surface area (Å²) in [5.41, 5.74) is 2.12. The molecule has 2 rings (SSSR count). The average molecular weight is 377 g/mol. The minimum absolute atomic E-state index is 0.123. The van der Waals surface area contributed by atoms with Crippen molar-refractivity contribution in [2.75, 3.05) is 26.1 Å². The third kappa shape index (κ3) is 4.97. The third-order valence-corrected chi connectivity index (χ3v) is 4.26. The Morgan fingerprint density at radius 2 is 1.85 bits per heavy atom. The molecule has 1 unspecified atom stereocenters. The number of anilines is 1. The first kappa shape index (κ1) is 19.8. The summed E-state index contributed by atoms with van der Waals surface area (Å²) in [5, 5.41) is 5.59. The Balaban J connectivity index is 1.97. The zero-order chi connectivity index (χ0) is 19.1. The van der Waals surface area contributed by atoms with Gasteiger partial charge in [-0.15, -0.1) is 0 Å². The lowest BCUT2D eigenvalue weighted by molar-refractivity contribution is -0.136. The summed E-state index contributed by atoms with van der Waals surface area (Å²) in [4.78, 5) is 24.1. The van der Waals surface area contributed by atoms with Crippen LogP contribution >= 0.6 is 11.6 Å². The van der Waals surface area contributed by atoms with Crippen LogP contribution in [0.15, 0.2) is 42.5 Å². The van der Waals surface area contributed by atoms with Crippen LogP contribution in [0.25, 0.3) is 0 Å². The molecule has 2 aromatic rings. The second-order valence-electron chi connectivity index (χ2n) is 5.59. The van der Waals surface area contributed by atoms with E-state index in [1.807, 2.05) is 25.1 Å². The molecule has 0 saturated carbocycles. The summed E-state index contributed by atoms with van der Waals surface area (Å²) in [5.74, 6) is -0.897. The van der Waals surface area contributed by atoms with E-state index in [1.165, 1.54) is 7.11 Å². The van der Waals surface area contributed by atoms with Crippen molar-refractivity contribution in [3.05, 3.63) is 58.6 Å². The summed E-state index contributed by atoms with van der Waals surface area (Å²) >= 11 is 6.01. The quantitative estimate of drug-likeness (QED) is 0.759. The number of benzene rings is 2. The summed E-state index contributed by atoms with van der Waals surface area (Å²) in [6.45, 7) is 1.97. The zero-order valence-corrected chi connectivity index (χ0v) is 15.6. The molecule has 1 atom stereocenters. The number of amides is 2. The first-order valence-electron chi connectivity index (χ1n) is 7.97. The molecule has 0 bridgehead atoms. The Bertz CT molecular complexity index is 795.